The monoisotopic (exact) mass is 441 g/mol. The third-order valence-electron chi connectivity index (χ3n) is 3.16. The lowest BCUT2D eigenvalue weighted by atomic mass is 10.0. The Balaban J connectivity index is 2.76. The number of ether oxygens (including phenoxy) is 1. The van der Waals surface area contributed by atoms with E-state index in [1.54, 1.807) is 6.92 Å². The minimum Gasteiger partial charge on any atom is -0.490 e. The molecular weight excluding hydrogens is 422 g/mol. The van der Waals surface area contributed by atoms with Gasteiger partial charge in [-0.1, -0.05) is 13.8 Å². The maximum Gasteiger partial charge on any atom is 0.153 e. The summed E-state index contributed by atoms with van der Waals surface area (Å²) >= 11 is 6.92. The summed E-state index contributed by atoms with van der Waals surface area (Å²) in [4.78, 5) is 0. The van der Waals surface area contributed by atoms with Crippen molar-refractivity contribution >= 4 is 41.7 Å². The van der Waals surface area contributed by atoms with Gasteiger partial charge in [0.15, 0.2) is 9.84 Å². The Morgan fingerprint density at radius 2 is 1.81 bits per heavy atom. The van der Waals surface area contributed by atoms with E-state index >= 15 is 0 Å². The van der Waals surface area contributed by atoms with Crippen LogP contribution in [0.5, 0.6) is 5.75 Å². The van der Waals surface area contributed by atoms with Crippen LogP contribution in [0.4, 0.5) is 0 Å². The van der Waals surface area contributed by atoms with Gasteiger partial charge in [-0.2, -0.15) is 0 Å². The first-order chi connectivity index (χ1) is 9.79. The SMILES string of the molecule is CCC(N)Cc1cc(Br)c(OCCS(=O)(=O)CC)c(Br)c1. The summed E-state index contributed by atoms with van der Waals surface area (Å²) in [6.07, 6.45) is 1.71. The summed E-state index contributed by atoms with van der Waals surface area (Å²) in [6.45, 7) is 3.83. The zero-order valence-electron chi connectivity index (χ0n) is 12.2. The smallest absolute Gasteiger partial charge is 0.153 e. The molecule has 1 aromatic rings. The van der Waals surface area contributed by atoms with Crippen molar-refractivity contribution in [2.75, 3.05) is 18.1 Å². The van der Waals surface area contributed by atoms with Crippen LogP contribution in [0.15, 0.2) is 21.1 Å². The molecule has 4 nitrogen and oxygen atoms in total. The summed E-state index contributed by atoms with van der Waals surface area (Å²) in [5, 5.41) is 0. The second-order valence-corrected chi connectivity index (χ2v) is 9.03. The van der Waals surface area contributed by atoms with E-state index in [0.29, 0.717) is 5.75 Å². The summed E-state index contributed by atoms with van der Waals surface area (Å²) in [5.41, 5.74) is 7.07. The third-order valence-corrected chi connectivity index (χ3v) is 6.01. The largest absolute Gasteiger partial charge is 0.490 e. The predicted octanol–water partition coefficient (Wildman–Crippen LogP) is 3.30. The average molecular weight is 443 g/mol. The van der Waals surface area contributed by atoms with Gasteiger partial charge >= 0.3 is 0 Å². The molecule has 0 radical (unpaired) electrons. The van der Waals surface area contributed by atoms with E-state index in [1.807, 2.05) is 12.1 Å². The van der Waals surface area contributed by atoms with Gasteiger partial charge in [-0.3, -0.25) is 0 Å². The van der Waals surface area contributed by atoms with E-state index in [-0.39, 0.29) is 24.2 Å². The average Bonchev–Trinajstić information content (AvgIpc) is 2.41. The highest BCUT2D eigenvalue weighted by Crippen LogP contribution is 2.35. The van der Waals surface area contributed by atoms with Crippen molar-refractivity contribution in [3.63, 3.8) is 0 Å². The zero-order chi connectivity index (χ0) is 16.0. The van der Waals surface area contributed by atoms with Crippen LogP contribution in [-0.4, -0.2) is 32.6 Å². The minimum atomic E-state index is -3.01. The maximum absolute atomic E-state index is 11.5. The summed E-state index contributed by atoms with van der Waals surface area (Å²) in [6, 6.07) is 4.05. The standard InChI is InChI=1S/C14H21Br2NO3S/c1-3-11(17)7-10-8-12(15)14(13(16)9-10)20-5-6-21(18,19)4-2/h8-9,11H,3-7,17H2,1-2H3. The van der Waals surface area contributed by atoms with Crippen LogP contribution in [0, 0.1) is 0 Å². The van der Waals surface area contributed by atoms with Crippen molar-refractivity contribution < 1.29 is 13.2 Å². The predicted molar refractivity (Wildman–Crippen MR) is 93.6 cm³/mol. The first-order valence-corrected chi connectivity index (χ1v) is 10.3. The third kappa shape index (κ3) is 6.26. The second-order valence-electron chi connectivity index (χ2n) is 4.85. The van der Waals surface area contributed by atoms with Gasteiger partial charge in [0.25, 0.3) is 0 Å². The number of hydrogen-bond donors (Lipinski definition) is 1. The van der Waals surface area contributed by atoms with Crippen molar-refractivity contribution in [1.29, 1.82) is 0 Å². The topological polar surface area (TPSA) is 69.4 Å². The van der Waals surface area contributed by atoms with Crippen molar-refractivity contribution in [3.8, 4) is 5.75 Å². The van der Waals surface area contributed by atoms with Crippen LogP contribution in [0.2, 0.25) is 0 Å². The van der Waals surface area contributed by atoms with Crippen LogP contribution in [-0.2, 0) is 16.3 Å². The van der Waals surface area contributed by atoms with Gasteiger partial charge in [-0.15, -0.1) is 0 Å². The number of rotatable bonds is 8. The van der Waals surface area contributed by atoms with Gasteiger partial charge < -0.3 is 10.5 Å². The fraction of sp³-hybridized carbons (Fsp3) is 0.571. The molecule has 0 saturated carbocycles. The van der Waals surface area contributed by atoms with Gasteiger partial charge in [-0.25, -0.2) is 8.42 Å². The number of sulfone groups is 1. The Morgan fingerprint density at radius 3 is 2.29 bits per heavy atom. The highest BCUT2D eigenvalue weighted by atomic mass is 79.9. The Morgan fingerprint density at radius 1 is 1.24 bits per heavy atom. The molecular formula is C14H21Br2NO3S. The normalized spacial score (nSPS) is 13.2. The molecule has 0 bridgehead atoms. The van der Waals surface area contributed by atoms with Gasteiger partial charge in [-0.05, 0) is 62.4 Å². The highest BCUT2D eigenvalue weighted by Gasteiger charge is 2.13. The molecule has 1 unspecified atom stereocenters. The van der Waals surface area contributed by atoms with Gasteiger partial charge in [0.2, 0.25) is 0 Å². The molecule has 0 aliphatic rings. The molecule has 1 rings (SSSR count). The Labute approximate surface area is 143 Å². The molecule has 0 aliphatic carbocycles. The van der Waals surface area contributed by atoms with Crippen molar-refractivity contribution in [3.05, 3.63) is 26.6 Å². The second kappa shape index (κ2) is 8.50. The molecule has 0 spiro atoms. The highest BCUT2D eigenvalue weighted by molar-refractivity contribution is 9.11. The molecule has 21 heavy (non-hydrogen) atoms. The van der Waals surface area contributed by atoms with Crippen molar-refractivity contribution in [1.82, 2.24) is 0 Å². The molecule has 120 valence electrons. The van der Waals surface area contributed by atoms with Crippen LogP contribution in [0.1, 0.15) is 25.8 Å². The van der Waals surface area contributed by atoms with E-state index in [1.165, 1.54) is 0 Å². The lowest BCUT2D eigenvalue weighted by molar-refractivity contribution is 0.336. The Hall–Kier alpha value is -0.110. The Kier molecular flexibility index (Phi) is 7.67. The van der Waals surface area contributed by atoms with Crippen LogP contribution >= 0.6 is 31.9 Å². The van der Waals surface area contributed by atoms with Gasteiger partial charge in [0.05, 0.1) is 14.7 Å². The number of benzene rings is 1. The lowest BCUT2D eigenvalue weighted by Crippen LogP contribution is -2.21. The molecule has 0 amide bonds. The minimum absolute atomic E-state index is 0.0187. The molecule has 0 heterocycles. The molecule has 0 aromatic heterocycles. The van der Waals surface area contributed by atoms with Crippen LogP contribution < -0.4 is 10.5 Å². The van der Waals surface area contributed by atoms with E-state index in [9.17, 15) is 8.42 Å². The van der Waals surface area contributed by atoms with E-state index in [4.69, 9.17) is 10.5 Å². The molecule has 0 saturated heterocycles. The molecule has 7 heteroatoms. The van der Waals surface area contributed by atoms with Crippen LogP contribution in [0.3, 0.4) is 0 Å². The zero-order valence-corrected chi connectivity index (χ0v) is 16.2. The van der Waals surface area contributed by atoms with Gasteiger partial charge in [0, 0.05) is 11.8 Å². The lowest BCUT2D eigenvalue weighted by Gasteiger charge is -2.14. The molecule has 2 N–H and O–H groups in total. The summed E-state index contributed by atoms with van der Waals surface area (Å²) in [5.74, 6) is 0.771. The fourth-order valence-electron chi connectivity index (χ4n) is 1.73. The molecule has 1 aromatic carbocycles. The Bertz CT molecular complexity index is 553. The molecule has 0 fully saturated rings. The first-order valence-electron chi connectivity index (χ1n) is 6.85. The van der Waals surface area contributed by atoms with E-state index < -0.39 is 9.84 Å². The van der Waals surface area contributed by atoms with Crippen molar-refractivity contribution in [2.45, 2.75) is 32.7 Å². The summed E-state index contributed by atoms with van der Waals surface area (Å²) < 4.78 is 30.1. The number of halogens is 2. The summed E-state index contributed by atoms with van der Waals surface area (Å²) in [7, 11) is -3.01. The van der Waals surface area contributed by atoms with E-state index in [2.05, 4.69) is 38.8 Å². The first kappa shape index (κ1) is 18.9. The fourth-order valence-corrected chi connectivity index (χ4v) is 3.87. The van der Waals surface area contributed by atoms with E-state index in [0.717, 1.165) is 27.4 Å². The van der Waals surface area contributed by atoms with Crippen LogP contribution in [0.25, 0.3) is 0 Å². The number of hydrogen-bond acceptors (Lipinski definition) is 4. The van der Waals surface area contributed by atoms with Gasteiger partial charge in [0.1, 0.15) is 12.4 Å². The quantitative estimate of drug-likeness (QED) is 0.670. The molecule has 1 atom stereocenters. The maximum atomic E-state index is 11.5. The molecule has 0 aliphatic heterocycles. The van der Waals surface area contributed by atoms with Crippen molar-refractivity contribution in [2.24, 2.45) is 5.73 Å². The number of nitrogens with two attached hydrogens (primary N) is 1.